The van der Waals surface area contributed by atoms with Gasteiger partial charge in [-0.25, -0.2) is 8.78 Å². The molecule has 2 aromatic carbocycles. The summed E-state index contributed by atoms with van der Waals surface area (Å²) in [6, 6.07) is 10.4. The molecule has 1 unspecified atom stereocenters. The van der Waals surface area contributed by atoms with Crippen LogP contribution in [0.15, 0.2) is 53.7 Å². The Hall–Kier alpha value is -2.80. The summed E-state index contributed by atoms with van der Waals surface area (Å²) in [6.45, 7) is 3.70. The zero-order valence-electron chi connectivity index (χ0n) is 14.2. The zero-order valence-corrected chi connectivity index (χ0v) is 15.0. The molecule has 0 spiro atoms. The maximum absolute atomic E-state index is 13.4. The molecule has 0 aliphatic carbocycles. The van der Waals surface area contributed by atoms with Crippen molar-refractivity contribution in [1.29, 1.82) is 0 Å². The Morgan fingerprint density at radius 1 is 1.12 bits per heavy atom. The molecule has 1 aliphatic heterocycles. The van der Waals surface area contributed by atoms with Gasteiger partial charge in [-0.2, -0.15) is 0 Å². The highest BCUT2D eigenvalue weighted by atomic mass is 32.1. The second-order valence-electron chi connectivity index (χ2n) is 6.01. The van der Waals surface area contributed by atoms with Crippen molar-refractivity contribution in [3.8, 4) is 0 Å². The number of aryl methyl sites for hydroxylation is 1. The molecule has 3 rings (SSSR count). The standard InChI is InChI=1S/C19H17F2N3OS/c1-10-5-3-4-6-13(10)17-16(11(2)22-19(26)24-17)18(25)23-12-7-8-14(20)15(21)9-12/h3-9,17H,1-2H3,(H,23,25)(H2,22,24,26). The fourth-order valence-corrected chi connectivity index (χ4v) is 3.18. The van der Waals surface area contributed by atoms with Crippen LogP contribution in [0.4, 0.5) is 14.5 Å². The number of nitrogens with one attached hydrogen (secondary N) is 3. The summed E-state index contributed by atoms with van der Waals surface area (Å²) in [5.41, 5.74) is 3.11. The number of carbonyl (C=O) groups is 1. The summed E-state index contributed by atoms with van der Waals surface area (Å²) < 4.78 is 26.5. The molecule has 7 heteroatoms. The number of allylic oxidation sites excluding steroid dienone is 1. The third-order valence-corrected chi connectivity index (χ3v) is 4.41. The van der Waals surface area contributed by atoms with E-state index in [4.69, 9.17) is 12.2 Å². The topological polar surface area (TPSA) is 53.2 Å². The van der Waals surface area contributed by atoms with Crippen LogP contribution in [-0.2, 0) is 4.79 Å². The SMILES string of the molecule is CC1=C(C(=O)Nc2ccc(F)c(F)c2)C(c2ccccc2C)NC(=S)N1. The first-order valence-corrected chi connectivity index (χ1v) is 8.38. The van der Waals surface area contributed by atoms with E-state index in [0.29, 0.717) is 16.4 Å². The Balaban J connectivity index is 1.97. The van der Waals surface area contributed by atoms with Crippen LogP contribution in [0.25, 0.3) is 0 Å². The highest BCUT2D eigenvalue weighted by Gasteiger charge is 2.30. The third-order valence-electron chi connectivity index (χ3n) is 4.19. The maximum Gasteiger partial charge on any atom is 0.255 e. The van der Waals surface area contributed by atoms with Crippen molar-refractivity contribution in [2.75, 3.05) is 5.32 Å². The summed E-state index contributed by atoms with van der Waals surface area (Å²) in [6.07, 6.45) is 0. The van der Waals surface area contributed by atoms with Crippen molar-refractivity contribution in [3.63, 3.8) is 0 Å². The van der Waals surface area contributed by atoms with E-state index in [0.717, 1.165) is 23.3 Å². The number of benzene rings is 2. The predicted octanol–water partition coefficient (Wildman–Crippen LogP) is 3.70. The molecule has 2 aromatic rings. The van der Waals surface area contributed by atoms with Gasteiger partial charge in [0, 0.05) is 17.5 Å². The van der Waals surface area contributed by atoms with Crippen LogP contribution in [0.2, 0.25) is 0 Å². The number of thiocarbonyl (C=S) groups is 1. The lowest BCUT2D eigenvalue weighted by molar-refractivity contribution is -0.113. The summed E-state index contributed by atoms with van der Waals surface area (Å²) in [5, 5.41) is 9.08. The van der Waals surface area contributed by atoms with Crippen LogP contribution in [0.5, 0.6) is 0 Å². The van der Waals surface area contributed by atoms with Gasteiger partial charge in [-0.05, 0) is 49.3 Å². The van der Waals surface area contributed by atoms with Gasteiger partial charge in [0.1, 0.15) is 0 Å². The molecule has 1 atom stereocenters. The van der Waals surface area contributed by atoms with Gasteiger partial charge < -0.3 is 16.0 Å². The molecule has 4 nitrogen and oxygen atoms in total. The Morgan fingerprint density at radius 3 is 2.54 bits per heavy atom. The van der Waals surface area contributed by atoms with Gasteiger partial charge in [0.2, 0.25) is 0 Å². The fraction of sp³-hybridized carbons (Fsp3) is 0.158. The van der Waals surface area contributed by atoms with E-state index >= 15 is 0 Å². The first-order valence-electron chi connectivity index (χ1n) is 7.97. The molecule has 3 N–H and O–H groups in total. The van der Waals surface area contributed by atoms with E-state index in [-0.39, 0.29) is 5.69 Å². The molecule has 0 bridgehead atoms. The van der Waals surface area contributed by atoms with Gasteiger partial charge >= 0.3 is 0 Å². The van der Waals surface area contributed by atoms with Gasteiger partial charge in [-0.3, -0.25) is 4.79 Å². The first kappa shape index (κ1) is 18.0. The van der Waals surface area contributed by atoms with Crippen molar-refractivity contribution in [2.24, 2.45) is 0 Å². The van der Waals surface area contributed by atoms with Gasteiger partial charge in [0.05, 0.1) is 11.6 Å². The van der Waals surface area contributed by atoms with Crippen molar-refractivity contribution in [2.45, 2.75) is 19.9 Å². The number of halogens is 2. The molecule has 1 heterocycles. The maximum atomic E-state index is 13.4. The molecule has 0 fully saturated rings. The average molecular weight is 373 g/mol. The largest absolute Gasteiger partial charge is 0.351 e. The third kappa shape index (κ3) is 3.57. The van der Waals surface area contributed by atoms with E-state index in [1.165, 1.54) is 6.07 Å². The Morgan fingerprint density at radius 2 is 1.85 bits per heavy atom. The summed E-state index contributed by atoms with van der Waals surface area (Å²) in [4.78, 5) is 12.9. The van der Waals surface area contributed by atoms with Crippen molar-refractivity contribution >= 4 is 28.9 Å². The van der Waals surface area contributed by atoms with Crippen molar-refractivity contribution in [1.82, 2.24) is 10.6 Å². The lowest BCUT2D eigenvalue weighted by Gasteiger charge is -2.31. The van der Waals surface area contributed by atoms with Gasteiger partial charge in [0.25, 0.3) is 5.91 Å². The van der Waals surface area contributed by atoms with Gasteiger partial charge in [0.15, 0.2) is 16.7 Å². The second-order valence-corrected chi connectivity index (χ2v) is 6.42. The molecule has 0 radical (unpaired) electrons. The molecule has 0 saturated carbocycles. The highest BCUT2D eigenvalue weighted by molar-refractivity contribution is 7.80. The molecular weight excluding hydrogens is 356 g/mol. The zero-order chi connectivity index (χ0) is 18.8. The van der Waals surface area contributed by atoms with Gasteiger partial charge in [-0.15, -0.1) is 0 Å². The van der Waals surface area contributed by atoms with Crippen LogP contribution in [0.1, 0.15) is 24.1 Å². The van der Waals surface area contributed by atoms with Gasteiger partial charge in [-0.1, -0.05) is 24.3 Å². The highest BCUT2D eigenvalue weighted by Crippen LogP contribution is 2.29. The molecule has 1 aliphatic rings. The summed E-state index contributed by atoms with van der Waals surface area (Å²) >= 11 is 5.22. The first-order chi connectivity index (χ1) is 12.4. The number of anilines is 1. The molecule has 0 saturated heterocycles. The number of hydrogen-bond acceptors (Lipinski definition) is 2. The number of carbonyl (C=O) groups excluding carboxylic acids is 1. The molecule has 0 aromatic heterocycles. The van der Waals surface area contributed by atoms with E-state index in [1.807, 2.05) is 31.2 Å². The molecule has 134 valence electrons. The van der Waals surface area contributed by atoms with E-state index in [1.54, 1.807) is 6.92 Å². The minimum absolute atomic E-state index is 0.172. The predicted molar refractivity (Wildman–Crippen MR) is 100 cm³/mol. The van der Waals surface area contributed by atoms with Crippen LogP contribution < -0.4 is 16.0 Å². The van der Waals surface area contributed by atoms with Crippen molar-refractivity contribution < 1.29 is 13.6 Å². The summed E-state index contributed by atoms with van der Waals surface area (Å²) in [5.74, 6) is -2.42. The molecule has 26 heavy (non-hydrogen) atoms. The van der Waals surface area contributed by atoms with Crippen LogP contribution in [0, 0.1) is 18.6 Å². The smallest absolute Gasteiger partial charge is 0.255 e. The second kappa shape index (κ2) is 7.21. The number of rotatable bonds is 3. The number of hydrogen-bond donors (Lipinski definition) is 3. The lowest BCUT2D eigenvalue weighted by Crippen LogP contribution is -2.46. The normalized spacial score (nSPS) is 16.8. The Labute approximate surface area is 155 Å². The number of amides is 1. The molecule has 1 amide bonds. The molecular formula is C19H17F2N3OS. The van der Waals surface area contributed by atoms with Crippen LogP contribution >= 0.6 is 12.2 Å². The average Bonchev–Trinajstić information content (AvgIpc) is 2.57. The Bertz CT molecular complexity index is 927. The minimum atomic E-state index is -1.02. The van der Waals surface area contributed by atoms with Crippen molar-refractivity contribution in [3.05, 3.63) is 76.5 Å². The monoisotopic (exact) mass is 373 g/mol. The van der Waals surface area contributed by atoms with E-state index in [2.05, 4.69) is 16.0 Å². The van der Waals surface area contributed by atoms with E-state index < -0.39 is 23.6 Å². The minimum Gasteiger partial charge on any atom is -0.351 e. The fourth-order valence-electron chi connectivity index (χ4n) is 2.91. The quantitative estimate of drug-likeness (QED) is 0.718. The Kier molecular flexibility index (Phi) is 4.99. The summed E-state index contributed by atoms with van der Waals surface area (Å²) in [7, 11) is 0. The van der Waals surface area contributed by atoms with Crippen LogP contribution in [-0.4, -0.2) is 11.0 Å². The lowest BCUT2D eigenvalue weighted by atomic mass is 9.92. The van der Waals surface area contributed by atoms with Crippen LogP contribution in [0.3, 0.4) is 0 Å². The van der Waals surface area contributed by atoms with E-state index in [9.17, 15) is 13.6 Å².